The smallest absolute Gasteiger partial charge is 0.260 e. The van der Waals surface area contributed by atoms with Gasteiger partial charge in [-0.15, -0.1) is 0 Å². The summed E-state index contributed by atoms with van der Waals surface area (Å²) in [5.74, 6) is 0.820. The lowest BCUT2D eigenvalue weighted by Gasteiger charge is -2.36. The third-order valence-electron chi connectivity index (χ3n) is 5.45. The Morgan fingerprint density at radius 1 is 1.07 bits per heavy atom. The van der Waals surface area contributed by atoms with Gasteiger partial charge in [-0.3, -0.25) is 9.78 Å². The molecule has 2 aliphatic rings. The number of rotatable bonds is 4. The van der Waals surface area contributed by atoms with E-state index in [1.807, 2.05) is 23.1 Å². The number of hydrogen-bond donors (Lipinski definition) is 0. The molecule has 28 heavy (non-hydrogen) atoms. The van der Waals surface area contributed by atoms with Crippen LogP contribution in [0.15, 0.2) is 30.5 Å². The van der Waals surface area contributed by atoms with Gasteiger partial charge in [0.25, 0.3) is 5.91 Å². The van der Waals surface area contributed by atoms with Gasteiger partial charge in [0.2, 0.25) is 0 Å². The maximum absolute atomic E-state index is 12.6. The van der Waals surface area contributed by atoms with Gasteiger partial charge in [-0.25, -0.2) is 0 Å². The molecule has 1 aromatic carbocycles. The number of benzene rings is 1. The highest BCUT2D eigenvalue weighted by Crippen LogP contribution is 2.33. The molecule has 1 aliphatic heterocycles. The van der Waals surface area contributed by atoms with Crippen LogP contribution in [-0.4, -0.2) is 48.6 Å². The Kier molecular flexibility index (Phi) is 5.93. The average Bonchev–Trinajstić information content (AvgIpc) is 2.74. The van der Waals surface area contributed by atoms with Crippen molar-refractivity contribution in [1.29, 1.82) is 0 Å². The van der Waals surface area contributed by atoms with E-state index in [1.54, 1.807) is 12.3 Å². The minimum absolute atomic E-state index is 0.0122. The number of fused-ring (bicyclic) bond motifs is 1. The van der Waals surface area contributed by atoms with Gasteiger partial charge < -0.3 is 14.5 Å². The van der Waals surface area contributed by atoms with Crippen LogP contribution in [0, 0.1) is 0 Å². The van der Waals surface area contributed by atoms with Gasteiger partial charge in [0.15, 0.2) is 6.61 Å². The lowest BCUT2D eigenvalue weighted by molar-refractivity contribution is -0.133. The lowest BCUT2D eigenvalue weighted by Crippen LogP contribution is -2.50. The summed E-state index contributed by atoms with van der Waals surface area (Å²) >= 11 is 12.4. The van der Waals surface area contributed by atoms with Crippen molar-refractivity contribution >= 4 is 34.8 Å². The molecule has 5 nitrogen and oxygen atoms in total. The number of pyridine rings is 1. The number of aryl methyl sites for hydroxylation is 1. The summed E-state index contributed by atoms with van der Waals surface area (Å²) in [5.41, 5.74) is 3.20. The van der Waals surface area contributed by atoms with Gasteiger partial charge >= 0.3 is 0 Å². The van der Waals surface area contributed by atoms with Crippen LogP contribution in [0.2, 0.25) is 10.0 Å². The number of halogens is 2. The van der Waals surface area contributed by atoms with Crippen LogP contribution in [-0.2, 0) is 17.6 Å². The van der Waals surface area contributed by atoms with Crippen LogP contribution >= 0.6 is 23.2 Å². The van der Waals surface area contributed by atoms with Crippen LogP contribution in [0.1, 0.15) is 24.1 Å². The van der Waals surface area contributed by atoms with Gasteiger partial charge in [-0.1, -0.05) is 29.3 Å². The average molecular weight is 420 g/mol. The molecule has 0 saturated carbocycles. The molecule has 4 rings (SSSR count). The molecule has 7 heteroatoms. The number of hydrogen-bond acceptors (Lipinski definition) is 4. The Morgan fingerprint density at radius 2 is 1.86 bits per heavy atom. The predicted octanol–water partition coefficient (Wildman–Crippen LogP) is 3.99. The molecule has 0 radical (unpaired) electrons. The second kappa shape index (κ2) is 8.58. The Morgan fingerprint density at radius 3 is 2.68 bits per heavy atom. The number of amides is 1. The fourth-order valence-electron chi connectivity index (χ4n) is 3.89. The van der Waals surface area contributed by atoms with E-state index in [1.165, 1.54) is 12.0 Å². The first-order valence-corrected chi connectivity index (χ1v) is 10.5. The molecule has 2 heterocycles. The van der Waals surface area contributed by atoms with Crippen LogP contribution in [0.4, 0.5) is 5.69 Å². The fraction of sp³-hybridized carbons (Fsp3) is 0.429. The third kappa shape index (κ3) is 4.06. The van der Waals surface area contributed by atoms with Gasteiger partial charge in [-0.05, 0) is 43.9 Å². The molecule has 1 saturated heterocycles. The second-order valence-corrected chi connectivity index (χ2v) is 7.96. The zero-order chi connectivity index (χ0) is 19.5. The number of anilines is 1. The monoisotopic (exact) mass is 419 g/mol. The largest absolute Gasteiger partial charge is 0.483 e. The highest BCUT2D eigenvalue weighted by molar-refractivity contribution is 6.43. The molecular weight excluding hydrogens is 397 g/mol. The number of aromatic nitrogens is 1. The van der Waals surface area contributed by atoms with Gasteiger partial charge in [-0.2, -0.15) is 0 Å². The number of carbonyl (C=O) groups is 1. The molecule has 0 N–H and O–H groups in total. The van der Waals surface area contributed by atoms with E-state index in [-0.39, 0.29) is 12.5 Å². The summed E-state index contributed by atoms with van der Waals surface area (Å²) in [4.78, 5) is 21.1. The van der Waals surface area contributed by atoms with Crippen LogP contribution in [0.5, 0.6) is 5.75 Å². The van der Waals surface area contributed by atoms with E-state index < -0.39 is 0 Å². The van der Waals surface area contributed by atoms with E-state index in [0.29, 0.717) is 23.1 Å². The van der Waals surface area contributed by atoms with Crippen molar-refractivity contribution in [3.63, 3.8) is 0 Å². The van der Waals surface area contributed by atoms with E-state index in [2.05, 4.69) is 9.88 Å². The lowest BCUT2D eigenvalue weighted by atomic mass is 9.95. The summed E-state index contributed by atoms with van der Waals surface area (Å²) in [6, 6.07) is 7.50. The Labute approximate surface area is 175 Å². The molecule has 0 unspecified atom stereocenters. The van der Waals surface area contributed by atoms with Gasteiger partial charge in [0.05, 0.1) is 15.7 Å². The maximum Gasteiger partial charge on any atom is 0.260 e. The Hall–Kier alpha value is -1.98. The molecule has 1 fully saturated rings. The van der Waals surface area contributed by atoms with Gasteiger partial charge in [0.1, 0.15) is 5.75 Å². The third-order valence-corrected chi connectivity index (χ3v) is 6.26. The molecule has 2 aromatic rings. The van der Waals surface area contributed by atoms with Crippen molar-refractivity contribution in [3.8, 4) is 5.75 Å². The number of carbonyl (C=O) groups excluding carboxylic acids is 1. The Balaban J connectivity index is 1.33. The first kappa shape index (κ1) is 19.3. The van der Waals surface area contributed by atoms with Crippen LogP contribution in [0.25, 0.3) is 0 Å². The topological polar surface area (TPSA) is 45.7 Å². The minimum atomic E-state index is 0.0122. The van der Waals surface area contributed by atoms with Crippen molar-refractivity contribution < 1.29 is 9.53 Å². The molecular formula is C21H23Cl2N3O2. The molecule has 0 atom stereocenters. The molecule has 1 aromatic heterocycles. The highest BCUT2D eigenvalue weighted by atomic mass is 35.5. The van der Waals surface area contributed by atoms with Gasteiger partial charge in [0, 0.05) is 43.6 Å². The SMILES string of the molecule is O=C(COc1ccnc2c1CCCC2)N1CCN(c2cccc(Cl)c2Cl)CC1. The fourth-order valence-corrected chi connectivity index (χ4v) is 4.31. The molecule has 0 spiro atoms. The predicted molar refractivity (Wildman–Crippen MR) is 112 cm³/mol. The van der Waals surface area contributed by atoms with Crippen molar-refractivity contribution in [2.24, 2.45) is 0 Å². The molecule has 0 bridgehead atoms. The van der Waals surface area contributed by atoms with Crippen LogP contribution in [0.3, 0.4) is 0 Å². The van der Waals surface area contributed by atoms with Crippen LogP contribution < -0.4 is 9.64 Å². The first-order valence-electron chi connectivity index (χ1n) is 9.70. The first-order chi connectivity index (χ1) is 13.6. The maximum atomic E-state index is 12.6. The molecule has 1 aliphatic carbocycles. The number of ether oxygens (including phenoxy) is 1. The standard InChI is InChI=1S/C21H23Cl2N3O2/c22-16-5-3-7-18(21(16)23)25-10-12-26(13-11-25)20(27)14-28-19-8-9-24-17-6-2-1-4-15(17)19/h3,5,7-9H,1-2,4,6,10-14H2. The normalized spacial score (nSPS) is 16.6. The summed E-state index contributed by atoms with van der Waals surface area (Å²) < 4.78 is 5.88. The summed E-state index contributed by atoms with van der Waals surface area (Å²) in [6.45, 7) is 2.78. The van der Waals surface area contributed by atoms with E-state index >= 15 is 0 Å². The van der Waals surface area contributed by atoms with E-state index in [0.717, 1.165) is 49.5 Å². The van der Waals surface area contributed by atoms with Crippen molar-refractivity contribution in [2.75, 3.05) is 37.7 Å². The molecule has 148 valence electrons. The summed E-state index contributed by atoms with van der Waals surface area (Å²) in [7, 11) is 0. The number of piperazine rings is 1. The zero-order valence-electron chi connectivity index (χ0n) is 15.7. The highest BCUT2D eigenvalue weighted by Gasteiger charge is 2.24. The minimum Gasteiger partial charge on any atom is -0.483 e. The van der Waals surface area contributed by atoms with Crippen molar-refractivity contribution in [1.82, 2.24) is 9.88 Å². The summed E-state index contributed by atoms with van der Waals surface area (Å²) in [6.07, 6.45) is 6.07. The van der Waals surface area contributed by atoms with E-state index in [9.17, 15) is 4.79 Å². The van der Waals surface area contributed by atoms with Crippen molar-refractivity contribution in [3.05, 3.63) is 51.8 Å². The summed E-state index contributed by atoms with van der Waals surface area (Å²) in [5, 5.41) is 1.11. The van der Waals surface area contributed by atoms with Crippen molar-refractivity contribution in [2.45, 2.75) is 25.7 Å². The quantitative estimate of drug-likeness (QED) is 0.751. The zero-order valence-corrected chi connectivity index (χ0v) is 17.2. The van der Waals surface area contributed by atoms with E-state index in [4.69, 9.17) is 27.9 Å². The Bertz CT molecular complexity index is 867. The second-order valence-electron chi connectivity index (χ2n) is 7.17. The number of nitrogens with zero attached hydrogens (tertiary/aromatic N) is 3. The molecule has 1 amide bonds.